The molecule has 2 aromatic rings. The van der Waals surface area contributed by atoms with Crippen LogP contribution in [0.25, 0.3) is 0 Å². The zero-order valence-electron chi connectivity index (χ0n) is 14.2. The molecule has 2 rings (SSSR count). The van der Waals surface area contributed by atoms with Gasteiger partial charge in [-0.1, -0.05) is 13.0 Å². The molecule has 6 nitrogen and oxygen atoms in total. The molecular formula is C17H26IN5O. The first-order valence-electron chi connectivity index (χ1n) is 7.95. The molecule has 0 unspecified atom stereocenters. The maximum Gasteiger partial charge on any atom is 0.218 e. The van der Waals surface area contributed by atoms with Gasteiger partial charge in [-0.2, -0.15) is 0 Å². The summed E-state index contributed by atoms with van der Waals surface area (Å²) in [6, 6.07) is 7.97. The molecule has 0 aliphatic carbocycles. The highest BCUT2D eigenvalue weighted by atomic mass is 127. The Morgan fingerprint density at radius 3 is 2.75 bits per heavy atom. The van der Waals surface area contributed by atoms with E-state index in [2.05, 4.69) is 32.1 Å². The van der Waals surface area contributed by atoms with Gasteiger partial charge in [0.25, 0.3) is 0 Å². The number of aliphatic imine (C=N–C) groups is 1. The van der Waals surface area contributed by atoms with Crippen molar-refractivity contribution in [3.63, 3.8) is 0 Å². The third-order valence-corrected chi connectivity index (χ3v) is 3.29. The van der Waals surface area contributed by atoms with Crippen LogP contribution < -0.4 is 15.4 Å². The molecule has 2 aromatic heterocycles. The van der Waals surface area contributed by atoms with E-state index in [1.165, 1.54) is 0 Å². The Hall–Kier alpha value is -1.77. The number of aromatic nitrogens is 2. The lowest BCUT2D eigenvalue weighted by molar-refractivity contribution is 0.301. The average Bonchev–Trinajstić information content (AvgIpc) is 3.10. The predicted molar refractivity (Wildman–Crippen MR) is 108 cm³/mol. The molecule has 0 amide bonds. The third kappa shape index (κ3) is 6.77. The number of nitrogens with one attached hydrogen (secondary N) is 2. The third-order valence-electron chi connectivity index (χ3n) is 3.29. The quantitative estimate of drug-likeness (QED) is 0.374. The molecule has 0 saturated carbocycles. The van der Waals surface area contributed by atoms with Crippen molar-refractivity contribution in [1.82, 2.24) is 20.2 Å². The van der Waals surface area contributed by atoms with Gasteiger partial charge in [-0.05, 0) is 24.6 Å². The molecule has 0 fully saturated rings. The van der Waals surface area contributed by atoms with E-state index in [0.29, 0.717) is 19.0 Å². The Labute approximate surface area is 160 Å². The van der Waals surface area contributed by atoms with Crippen LogP contribution in [0.15, 0.2) is 47.8 Å². The lowest BCUT2D eigenvalue weighted by Gasteiger charge is -2.14. The summed E-state index contributed by atoms with van der Waals surface area (Å²) in [6.07, 6.45) is 6.81. The molecule has 2 heterocycles. The summed E-state index contributed by atoms with van der Waals surface area (Å²) >= 11 is 0. The van der Waals surface area contributed by atoms with Gasteiger partial charge in [0.2, 0.25) is 5.88 Å². The Kier molecular flexibility index (Phi) is 9.90. The second-order valence-electron chi connectivity index (χ2n) is 5.09. The molecular weight excluding hydrogens is 417 g/mol. The van der Waals surface area contributed by atoms with Crippen LogP contribution in [0.3, 0.4) is 0 Å². The van der Waals surface area contributed by atoms with Crippen LogP contribution in [0.5, 0.6) is 5.88 Å². The van der Waals surface area contributed by atoms with Crippen molar-refractivity contribution < 1.29 is 4.74 Å². The predicted octanol–water partition coefficient (Wildman–Crippen LogP) is 2.66. The van der Waals surface area contributed by atoms with Gasteiger partial charge in [0.05, 0.1) is 6.61 Å². The van der Waals surface area contributed by atoms with Gasteiger partial charge in [0, 0.05) is 50.8 Å². The number of hydrogen-bond acceptors (Lipinski definition) is 3. The minimum atomic E-state index is 0. The fourth-order valence-electron chi connectivity index (χ4n) is 2.11. The largest absolute Gasteiger partial charge is 0.477 e. The van der Waals surface area contributed by atoms with E-state index in [-0.39, 0.29) is 24.0 Å². The van der Waals surface area contributed by atoms with E-state index in [0.717, 1.165) is 31.0 Å². The maximum absolute atomic E-state index is 5.67. The summed E-state index contributed by atoms with van der Waals surface area (Å²) in [6.45, 7) is 5.08. The molecule has 0 aromatic carbocycles. The first kappa shape index (κ1) is 20.3. The van der Waals surface area contributed by atoms with Crippen LogP contribution in [0.2, 0.25) is 0 Å². The Bertz CT molecular complexity index is 601. The monoisotopic (exact) mass is 443 g/mol. The van der Waals surface area contributed by atoms with Crippen LogP contribution in [0.4, 0.5) is 0 Å². The number of guanidine groups is 1. The smallest absolute Gasteiger partial charge is 0.218 e. The SMILES string of the molecule is CCCOc1ncccc1CNC(=NC)NCCn1cccc1.I. The summed E-state index contributed by atoms with van der Waals surface area (Å²) in [4.78, 5) is 8.53. The van der Waals surface area contributed by atoms with Crippen molar-refractivity contribution >= 4 is 29.9 Å². The first-order chi connectivity index (χ1) is 11.3. The number of pyridine rings is 1. The van der Waals surface area contributed by atoms with Crippen molar-refractivity contribution in [2.45, 2.75) is 26.4 Å². The highest BCUT2D eigenvalue weighted by Crippen LogP contribution is 2.14. The number of halogens is 1. The van der Waals surface area contributed by atoms with Crippen LogP contribution in [0.1, 0.15) is 18.9 Å². The number of hydrogen-bond donors (Lipinski definition) is 2. The molecule has 0 aliphatic rings. The maximum atomic E-state index is 5.67. The van der Waals surface area contributed by atoms with Crippen molar-refractivity contribution in [1.29, 1.82) is 0 Å². The van der Waals surface area contributed by atoms with E-state index in [1.807, 2.05) is 36.7 Å². The van der Waals surface area contributed by atoms with Crippen LogP contribution in [-0.4, -0.2) is 35.7 Å². The molecule has 0 bridgehead atoms. The van der Waals surface area contributed by atoms with Crippen molar-refractivity contribution in [3.8, 4) is 5.88 Å². The van der Waals surface area contributed by atoms with E-state index in [9.17, 15) is 0 Å². The van der Waals surface area contributed by atoms with Gasteiger partial charge >= 0.3 is 0 Å². The summed E-state index contributed by atoms with van der Waals surface area (Å²) in [5.74, 6) is 1.45. The highest BCUT2D eigenvalue weighted by Gasteiger charge is 2.05. The van der Waals surface area contributed by atoms with E-state index >= 15 is 0 Å². The molecule has 24 heavy (non-hydrogen) atoms. The Balaban J connectivity index is 0.00000288. The van der Waals surface area contributed by atoms with Gasteiger partial charge < -0.3 is 19.9 Å². The second kappa shape index (κ2) is 11.7. The van der Waals surface area contributed by atoms with E-state index < -0.39 is 0 Å². The molecule has 0 spiro atoms. The summed E-state index contributed by atoms with van der Waals surface area (Å²) in [7, 11) is 1.77. The topological polar surface area (TPSA) is 63.5 Å². The molecule has 0 aliphatic heterocycles. The van der Waals surface area contributed by atoms with Gasteiger partial charge in [0.1, 0.15) is 0 Å². The number of ether oxygens (including phenoxy) is 1. The first-order valence-corrected chi connectivity index (χ1v) is 7.95. The second-order valence-corrected chi connectivity index (χ2v) is 5.09. The van der Waals surface area contributed by atoms with Gasteiger partial charge in [0.15, 0.2) is 5.96 Å². The number of rotatable bonds is 8. The average molecular weight is 443 g/mol. The molecule has 0 saturated heterocycles. The molecule has 0 radical (unpaired) electrons. The molecule has 132 valence electrons. The van der Waals surface area contributed by atoms with Gasteiger partial charge in [-0.15, -0.1) is 24.0 Å². The normalized spacial score (nSPS) is 10.8. The molecule has 7 heteroatoms. The van der Waals surface area contributed by atoms with Crippen LogP contribution in [0, 0.1) is 0 Å². The lowest BCUT2D eigenvalue weighted by Crippen LogP contribution is -2.38. The summed E-state index contributed by atoms with van der Waals surface area (Å²) in [5.41, 5.74) is 1.02. The summed E-state index contributed by atoms with van der Waals surface area (Å²) in [5, 5.41) is 6.59. The zero-order valence-corrected chi connectivity index (χ0v) is 16.6. The van der Waals surface area contributed by atoms with Gasteiger partial charge in [-0.25, -0.2) is 4.98 Å². The van der Waals surface area contributed by atoms with Crippen molar-refractivity contribution in [2.24, 2.45) is 4.99 Å². The van der Waals surface area contributed by atoms with Crippen molar-refractivity contribution in [3.05, 3.63) is 48.4 Å². The molecule has 0 atom stereocenters. The Morgan fingerprint density at radius 1 is 1.25 bits per heavy atom. The van der Waals surface area contributed by atoms with Crippen LogP contribution >= 0.6 is 24.0 Å². The van der Waals surface area contributed by atoms with Crippen LogP contribution in [-0.2, 0) is 13.1 Å². The lowest BCUT2D eigenvalue weighted by atomic mass is 10.2. The standard InChI is InChI=1S/C17H25N5O.HI/c1-3-13-23-16-15(7-6-8-19-16)14-21-17(18-2)20-9-12-22-10-4-5-11-22;/h4-8,10-11H,3,9,12-14H2,1-2H3,(H2,18,20,21);1H. The summed E-state index contributed by atoms with van der Waals surface area (Å²) < 4.78 is 7.79. The fraction of sp³-hybridized carbons (Fsp3) is 0.412. The fourth-order valence-corrected chi connectivity index (χ4v) is 2.11. The number of nitrogens with zero attached hydrogens (tertiary/aromatic N) is 3. The highest BCUT2D eigenvalue weighted by molar-refractivity contribution is 14.0. The molecule has 2 N–H and O–H groups in total. The zero-order chi connectivity index (χ0) is 16.3. The Morgan fingerprint density at radius 2 is 2.04 bits per heavy atom. The minimum absolute atomic E-state index is 0. The van der Waals surface area contributed by atoms with Crippen molar-refractivity contribution in [2.75, 3.05) is 20.2 Å². The van der Waals surface area contributed by atoms with Gasteiger partial charge in [-0.3, -0.25) is 4.99 Å². The minimum Gasteiger partial charge on any atom is -0.477 e. The van der Waals surface area contributed by atoms with E-state index in [4.69, 9.17) is 4.74 Å². The van der Waals surface area contributed by atoms with E-state index in [1.54, 1.807) is 13.2 Å².